The molecule has 2 N–H and O–H groups in total. The van der Waals surface area contributed by atoms with Crippen molar-refractivity contribution in [2.24, 2.45) is 0 Å². The minimum Gasteiger partial charge on any atom is -0.480 e. The first-order valence-electron chi connectivity index (χ1n) is 6.45. The van der Waals surface area contributed by atoms with E-state index in [1.54, 1.807) is 18.3 Å². The molecule has 2 heterocycles. The Balaban J connectivity index is 2.13. The summed E-state index contributed by atoms with van der Waals surface area (Å²) in [6.07, 6.45) is 0.497. The summed E-state index contributed by atoms with van der Waals surface area (Å²) in [5, 5.41) is 14.2. The van der Waals surface area contributed by atoms with Gasteiger partial charge >= 0.3 is 5.97 Å². The fourth-order valence-corrected chi connectivity index (χ4v) is 2.38. The van der Waals surface area contributed by atoms with Crippen LogP contribution in [0, 0.1) is 6.92 Å². The van der Waals surface area contributed by atoms with E-state index in [1.807, 2.05) is 31.4 Å². The van der Waals surface area contributed by atoms with Gasteiger partial charge in [0.05, 0.1) is 10.6 Å². The second kappa shape index (κ2) is 5.76. The number of carboxylic acids is 1. The van der Waals surface area contributed by atoms with Gasteiger partial charge in [-0.05, 0) is 31.7 Å². The zero-order valence-electron chi connectivity index (χ0n) is 11.8. The molecule has 0 saturated heterocycles. The highest BCUT2D eigenvalue weighted by Gasteiger charge is 2.30. The third kappa shape index (κ3) is 2.91. The van der Waals surface area contributed by atoms with Gasteiger partial charge in [0.2, 0.25) is 5.89 Å². The number of oxazole rings is 1. The van der Waals surface area contributed by atoms with Crippen molar-refractivity contribution in [3.8, 4) is 10.8 Å². The van der Waals surface area contributed by atoms with E-state index in [4.69, 9.17) is 4.42 Å². The predicted molar refractivity (Wildman–Crippen MR) is 77.7 cm³/mol. The topological polar surface area (TPSA) is 75.4 Å². The fourth-order valence-electron chi connectivity index (χ4n) is 1.73. The van der Waals surface area contributed by atoms with Crippen LogP contribution in [-0.2, 0) is 11.3 Å². The quantitative estimate of drug-likeness (QED) is 0.856. The number of nitrogens with one attached hydrogen (secondary N) is 1. The standard InChI is InChI=1S/C14H18N2O3S/c1-4-14(3,13(17)18)15-8-10-9(2)19-12(16-10)11-6-5-7-20-11/h5-7,15H,4,8H2,1-3H3,(H,17,18). The van der Waals surface area contributed by atoms with Gasteiger partial charge in [0.1, 0.15) is 11.3 Å². The Bertz CT molecular complexity index is 592. The summed E-state index contributed by atoms with van der Waals surface area (Å²) >= 11 is 1.56. The highest BCUT2D eigenvalue weighted by molar-refractivity contribution is 7.13. The van der Waals surface area contributed by atoms with Gasteiger partial charge in [-0.25, -0.2) is 4.98 Å². The van der Waals surface area contributed by atoms with Gasteiger partial charge in [0.15, 0.2) is 0 Å². The van der Waals surface area contributed by atoms with E-state index in [0.29, 0.717) is 24.6 Å². The molecule has 1 atom stereocenters. The van der Waals surface area contributed by atoms with Crippen molar-refractivity contribution >= 4 is 17.3 Å². The minimum absolute atomic E-state index is 0.372. The molecular formula is C14H18N2O3S. The van der Waals surface area contributed by atoms with Crippen LogP contribution in [-0.4, -0.2) is 21.6 Å². The molecule has 2 aromatic heterocycles. The van der Waals surface area contributed by atoms with E-state index >= 15 is 0 Å². The first kappa shape index (κ1) is 14.7. The zero-order chi connectivity index (χ0) is 14.8. The second-order valence-corrected chi connectivity index (χ2v) is 5.79. The van der Waals surface area contributed by atoms with Crippen LogP contribution >= 0.6 is 11.3 Å². The molecule has 6 heteroatoms. The van der Waals surface area contributed by atoms with Crippen LogP contribution in [0.1, 0.15) is 31.7 Å². The van der Waals surface area contributed by atoms with Crippen LogP contribution in [0.5, 0.6) is 0 Å². The first-order chi connectivity index (χ1) is 9.46. The van der Waals surface area contributed by atoms with Crippen molar-refractivity contribution in [1.82, 2.24) is 10.3 Å². The molecule has 0 aliphatic rings. The second-order valence-electron chi connectivity index (χ2n) is 4.84. The van der Waals surface area contributed by atoms with Gasteiger partial charge in [-0.15, -0.1) is 11.3 Å². The van der Waals surface area contributed by atoms with E-state index in [-0.39, 0.29) is 0 Å². The molecule has 0 aliphatic carbocycles. The number of carboxylic acid groups (broad SMARTS) is 1. The lowest BCUT2D eigenvalue weighted by Gasteiger charge is -2.24. The largest absolute Gasteiger partial charge is 0.480 e. The number of aromatic nitrogens is 1. The Morgan fingerprint density at radius 2 is 2.35 bits per heavy atom. The summed E-state index contributed by atoms with van der Waals surface area (Å²) in [4.78, 5) is 16.7. The van der Waals surface area contributed by atoms with E-state index in [9.17, 15) is 9.90 Å². The molecule has 2 rings (SSSR count). The SMILES string of the molecule is CCC(C)(NCc1nc(-c2cccs2)oc1C)C(=O)O. The van der Waals surface area contributed by atoms with Crippen LogP contribution in [0.15, 0.2) is 21.9 Å². The minimum atomic E-state index is -0.950. The third-order valence-electron chi connectivity index (χ3n) is 3.45. The van der Waals surface area contributed by atoms with Crippen molar-refractivity contribution in [3.63, 3.8) is 0 Å². The number of nitrogens with zero attached hydrogens (tertiary/aromatic N) is 1. The van der Waals surface area contributed by atoms with Crippen LogP contribution in [0.4, 0.5) is 0 Å². The Hall–Kier alpha value is -1.66. The molecule has 0 aliphatic heterocycles. The van der Waals surface area contributed by atoms with E-state index in [0.717, 1.165) is 10.6 Å². The van der Waals surface area contributed by atoms with E-state index < -0.39 is 11.5 Å². The molecule has 0 spiro atoms. The zero-order valence-corrected chi connectivity index (χ0v) is 12.6. The fraction of sp³-hybridized carbons (Fsp3) is 0.429. The Kier molecular flexibility index (Phi) is 4.25. The van der Waals surface area contributed by atoms with Gasteiger partial charge in [0, 0.05) is 6.54 Å². The number of aryl methyl sites for hydroxylation is 1. The van der Waals surface area contributed by atoms with Crippen molar-refractivity contribution in [2.75, 3.05) is 0 Å². The van der Waals surface area contributed by atoms with E-state index in [2.05, 4.69) is 10.3 Å². The molecule has 0 radical (unpaired) electrons. The predicted octanol–water partition coefficient (Wildman–Crippen LogP) is 3.05. The molecule has 0 saturated carbocycles. The van der Waals surface area contributed by atoms with Gasteiger partial charge in [0.25, 0.3) is 0 Å². The van der Waals surface area contributed by atoms with Crippen molar-refractivity contribution < 1.29 is 14.3 Å². The van der Waals surface area contributed by atoms with E-state index in [1.165, 1.54) is 0 Å². The average molecular weight is 294 g/mol. The summed E-state index contributed by atoms with van der Waals surface area (Å²) in [5.41, 5.74) is -0.205. The van der Waals surface area contributed by atoms with Gasteiger partial charge in [-0.3, -0.25) is 10.1 Å². The van der Waals surface area contributed by atoms with Gasteiger partial charge in [-0.2, -0.15) is 0 Å². The Labute approximate surface area is 121 Å². The van der Waals surface area contributed by atoms with Crippen LogP contribution in [0.3, 0.4) is 0 Å². The highest BCUT2D eigenvalue weighted by atomic mass is 32.1. The normalized spacial score (nSPS) is 14.2. The molecule has 1 unspecified atom stereocenters. The average Bonchev–Trinajstić information content (AvgIpc) is 3.05. The number of aliphatic carboxylic acids is 1. The molecule has 108 valence electrons. The van der Waals surface area contributed by atoms with Crippen molar-refractivity contribution in [2.45, 2.75) is 39.3 Å². The summed E-state index contributed by atoms with van der Waals surface area (Å²) in [6.45, 7) is 5.72. The van der Waals surface area contributed by atoms with Crippen molar-refractivity contribution in [3.05, 3.63) is 29.0 Å². The molecule has 0 aromatic carbocycles. The summed E-state index contributed by atoms with van der Waals surface area (Å²) < 4.78 is 5.63. The van der Waals surface area contributed by atoms with Crippen LogP contribution in [0.25, 0.3) is 10.8 Å². The number of rotatable bonds is 6. The highest BCUT2D eigenvalue weighted by Crippen LogP contribution is 2.26. The number of carbonyl (C=O) groups is 1. The molecule has 5 nitrogen and oxygen atoms in total. The third-order valence-corrected chi connectivity index (χ3v) is 4.31. The molecule has 2 aromatic rings. The van der Waals surface area contributed by atoms with Crippen LogP contribution in [0.2, 0.25) is 0 Å². The number of hydrogen-bond donors (Lipinski definition) is 2. The molecule has 0 fully saturated rings. The van der Waals surface area contributed by atoms with Gasteiger partial charge < -0.3 is 9.52 Å². The maximum Gasteiger partial charge on any atom is 0.323 e. The van der Waals surface area contributed by atoms with Crippen molar-refractivity contribution in [1.29, 1.82) is 0 Å². The Morgan fingerprint density at radius 3 is 2.90 bits per heavy atom. The Morgan fingerprint density at radius 1 is 1.60 bits per heavy atom. The number of hydrogen-bond acceptors (Lipinski definition) is 5. The lowest BCUT2D eigenvalue weighted by Crippen LogP contribution is -2.48. The smallest absolute Gasteiger partial charge is 0.323 e. The van der Waals surface area contributed by atoms with Gasteiger partial charge in [-0.1, -0.05) is 13.0 Å². The molecule has 20 heavy (non-hydrogen) atoms. The summed E-state index contributed by atoms with van der Waals surface area (Å²) in [5.74, 6) is 0.437. The maximum atomic E-state index is 11.2. The molecule has 0 bridgehead atoms. The lowest BCUT2D eigenvalue weighted by atomic mass is 9.99. The molecular weight excluding hydrogens is 276 g/mol. The monoisotopic (exact) mass is 294 g/mol. The number of thiophene rings is 1. The lowest BCUT2D eigenvalue weighted by molar-refractivity contribution is -0.144. The first-order valence-corrected chi connectivity index (χ1v) is 7.33. The summed E-state index contributed by atoms with van der Waals surface area (Å²) in [6, 6.07) is 3.89. The van der Waals surface area contributed by atoms with Crippen LogP contribution < -0.4 is 5.32 Å². The molecule has 0 amide bonds. The summed E-state index contributed by atoms with van der Waals surface area (Å²) in [7, 11) is 0. The maximum absolute atomic E-state index is 11.2.